The van der Waals surface area contributed by atoms with Gasteiger partial charge in [0.1, 0.15) is 12.0 Å². The number of benzene rings is 1. The van der Waals surface area contributed by atoms with Gasteiger partial charge in [-0.2, -0.15) is 0 Å². The van der Waals surface area contributed by atoms with E-state index in [-0.39, 0.29) is 6.23 Å². The third-order valence-electron chi connectivity index (χ3n) is 3.71. The van der Waals surface area contributed by atoms with Gasteiger partial charge in [-0.3, -0.25) is 5.32 Å². The van der Waals surface area contributed by atoms with Gasteiger partial charge < -0.3 is 9.47 Å². The Kier molecular flexibility index (Phi) is 2.58. The molecule has 1 saturated heterocycles. The number of fused-ring (bicyclic) bond motifs is 3. The lowest BCUT2D eigenvalue weighted by Gasteiger charge is -2.41. The average Bonchev–Trinajstić information content (AvgIpc) is 2.37. The topological polar surface area (TPSA) is 30.5 Å². The molecule has 3 rings (SSSR count). The Morgan fingerprint density at radius 2 is 2.25 bits per heavy atom. The monoisotopic (exact) mass is 219 g/mol. The van der Waals surface area contributed by atoms with Gasteiger partial charge in [-0.1, -0.05) is 18.2 Å². The van der Waals surface area contributed by atoms with E-state index in [1.807, 2.05) is 6.07 Å². The van der Waals surface area contributed by atoms with E-state index in [0.29, 0.717) is 11.8 Å². The highest BCUT2D eigenvalue weighted by atomic mass is 16.5. The average molecular weight is 219 g/mol. The Labute approximate surface area is 95.8 Å². The number of para-hydroxylation sites is 1. The number of hydrogen-bond donors (Lipinski definition) is 1. The number of nitrogens with one attached hydrogen (secondary N) is 1. The Morgan fingerprint density at radius 1 is 1.38 bits per heavy atom. The first kappa shape index (κ1) is 10.1. The molecule has 3 nitrogen and oxygen atoms in total. The summed E-state index contributed by atoms with van der Waals surface area (Å²) in [5, 5.41) is 3.40. The molecule has 0 radical (unpaired) electrons. The van der Waals surface area contributed by atoms with Crippen molar-refractivity contribution >= 4 is 0 Å². The molecule has 0 bridgehead atoms. The molecule has 0 aromatic heterocycles. The highest BCUT2D eigenvalue weighted by molar-refractivity contribution is 5.39. The molecule has 3 heteroatoms. The number of ether oxygens (including phenoxy) is 2. The van der Waals surface area contributed by atoms with Crippen LogP contribution in [-0.2, 0) is 4.74 Å². The first-order valence-corrected chi connectivity index (χ1v) is 5.88. The summed E-state index contributed by atoms with van der Waals surface area (Å²) < 4.78 is 11.3. The molecule has 1 N–H and O–H groups in total. The van der Waals surface area contributed by atoms with E-state index in [2.05, 4.69) is 23.5 Å². The third kappa shape index (κ3) is 1.51. The van der Waals surface area contributed by atoms with E-state index < -0.39 is 0 Å². The normalized spacial score (nSPS) is 32.4. The molecular weight excluding hydrogens is 202 g/mol. The highest BCUT2D eigenvalue weighted by Crippen LogP contribution is 2.41. The Balaban J connectivity index is 1.94. The lowest BCUT2D eigenvalue weighted by atomic mass is 9.78. The van der Waals surface area contributed by atoms with E-state index in [1.165, 1.54) is 12.0 Å². The first-order chi connectivity index (χ1) is 7.90. The summed E-state index contributed by atoms with van der Waals surface area (Å²) in [4.78, 5) is 0. The molecule has 2 aliphatic heterocycles. The summed E-state index contributed by atoms with van der Waals surface area (Å²) in [7, 11) is 1.76. The molecular formula is C13H17NO2. The minimum absolute atomic E-state index is 0.132. The van der Waals surface area contributed by atoms with Gasteiger partial charge in [-0.05, 0) is 30.5 Å². The Bertz CT molecular complexity index is 380. The van der Waals surface area contributed by atoms with Gasteiger partial charge in [0.2, 0.25) is 0 Å². The van der Waals surface area contributed by atoms with Crippen LogP contribution in [0.25, 0.3) is 0 Å². The van der Waals surface area contributed by atoms with E-state index in [1.54, 1.807) is 7.11 Å². The minimum atomic E-state index is 0.132. The van der Waals surface area contributed by atoms with Crippen LogP contribution in [0.3, 0.4) is 0 Å². The van der Waals surface area contributed by atoms with Crippen LogP contribution >= 0.6 is 0 Å². The summed E-state index contributed by atoms with van der Waals surface area (Å²) in [6, 6.07) is 8.38. The lowest BCUT2D eigenvalue weighted by molar-refractivity contribution is -0.0289. The molecule has 16 heavy (non-hydrogen) atoms. The second kappa shape index (κ2) is 4.07. The number of rotatable bonds is 1. The fourth-order valence-electron chi connectivity index (χ4n) is 2.91. The first-order valence-electron chi connectivity index (χ1n) is 5.88. The van der Waals surface area contributed by atoms with Crippen molar-refractivity contribution in [3.8, 4) is 5.75 Å². The fraction of sp³-hybridized carbons (Fsp3) is 0.538. The largest absolute Gasteiger partial charge is 0.493 e. The van der Waals surface area contributed by atoms with Crippen LogP contribution in [0.2, 0.25) is 0 Å². The maximum atomic E-state index is 5.80. The molecule has 1 aromatic rings. The summed E-state index contributed by atoms with van der Waals surface area (Å²) in [6.07, 6.45) is 1.30. The summed E-state index contributed by atoms with van der Waals surface area (Å²) >= 11 is 0. The Hall–Kier alpha value is -1.06. The van der Waals surface area contributed by atoms with Gasteiger partial charge in [-0.25, -0.2) is 0 Å². The molecule has 0 amide bonds. The van der Waals surface area contributed by atoms with Gasteiger partial charge in [0.15, 0.2) is 0 Å². The molecule has 86 valence electrons. The van der Waals surface area contributed by atoms with Crippen molar-refractivity contribution in [2.24, 2.45) is 5.92 Å². The minimum Gasteiger partial charge on any atom is -0.493 e. The zero-order valence-electron chi connectivity index (χ0n) is 9.48. The second-order valence-corrected chi connectivity index (χ2v) is 4.52. The van der Waals surface area contributed by atoms with E-state index in [9.17, 15) is 0 Å². The quantitative estimate of drug-likeness (QED) is 0.780. The van der Waals surface area contributed by atoms with Crippen LogP contribution in [-0.4, -0.2) is 26.5 Å². The van der Waals surface area contributed by atoms with E-state index in [4.69, 9.17) is 9.47 Å². The van der Waals surface area contributed by atoms with Crippen LogP contribution in [0.15, 0.2) is 24.3 Å². The zero-order valence-corrected chi connectivity index (χ0v) is 9.48. The maximum absolute atomic E-state index is 5.80. The molecule has 2 heterocycles. The second-order valence-electron chi connectivity index (χ2n) is 4.52. The van der Waals surface area contributed by atoms with Crippen LogP contribution in [0, 0.1) is 5.92 Å². The molecule has 2 aliphatic rings. The number of hydrogen-bond acceptors (Lipinski definition) is 3. The molecule has 3 atom stereocenters. The van der Waals surface area contributed by atoms with Crippen molar-refractivity contribution in [3.05, 3.63) is 29.8 Å². The summed E-state index contributed by atoms with van der Waals surface area (Å²) in [5.41, 5.74) is 1.35. The van der Waals surface area contributed by atoms with Crippen molar-refractivity contribution in [2.75, 3.05) is 20.3 Å². The van der Waals surface area contributed by atoms with Gasteiger partial charge in [0.05, 0.1) is 6.61 Å². The molecule has 0 aliphatic carbocycles. The van der Waals surface area contributed by atoms with Crippen molar-refractivity contribution in [3.63, 3.8) is 0 Å². The van der Waals surface area contributed by atoms with Crippen molar-refractivity contribution in [1.29, 1.82) is 0 Å². The van der Waals surface area contributed by atoms with Crippen LogP contribution in [0.1, 0.15) is 17.9 Å². The summed E-state index contributed by atoms with van der Waals surface area (Å²) in [6.45, 7) is 1.78. The smallest absolute Gasteiger partial charge is 0.122 e. The molecule has 0 spiro atoms. The highest BCUT2D eigenvalue weighted by Gasteiger charge is 2.38. The maximum Gasteiger partial charge on any atom is 0.122 e. The predicted octanol–water partition coefficient (Wildman–Crippen LogP) is 1.74. The summed E-state index contributed by atoms with van der Waals surface area (Å²) in [5.74, 6) is 2.07. The van der Waals surface area contributed by atoms with Gasteiger partial charge in [0.25, 0.3) is 0 Å². The molecule has 1 unspecified atom stereocenters. The number of piperidine rings is 1. The van der Waals surface area contributed by atoms with Crippen molar-refractivity contribution < 1.29 is 9.47 Å². The number of methoxy groups -OCH3 is 1. The SMILES string of the molecule is CO[C@@H]1NCCC2c3ccccc3OC[C@@H]21. The van der Waals surface area contributed by atoms with Gasteiger partial charge in [0, 0.05) is 13.0 Å². The molecule has 1 fully saturated rings. The van der Waals surface area contributed by atoms with Crippen LogP contribution in [0.4, 0.5) is 0 Å². The van der Waals surface area contributed by atoms with Crippen molar-refractivity contribution in [2.45, 2.75) is 18.6 Å². The van der Waals surface area contributed by atoms with Gasteiger partial charge >= 0.3 is 0 Å². The van der Waals surface area contributed by atoms with Crippen LogP contribution in [0.5, 0.6) is 5.75 Å². The lowest BCUT2D eigenvalue weighted by Crippen LogP contribution is -2.49. The van der Waals surface area contributed by atoms with E-state index >= 15 is 0 Å². The van der Waals surface area contributed by atoms with Gasteiger partial charge in [-0.15, -0.1) is 0 Å². The standard InChI is InChI=1S/C13H17NO2/c1-15-13-11-8-16-12-5-3-2-4-10(12)9(11)6-7-14-13/h2-5,9,11,13-14H,6-8H2,1H3/t9?,11-,13-/m0/s1. The fourth-order valence-corrected chi connectivity index (χ4v) is 2.91. The third-order valence-corrected chi connectivity index (χ3v) is 3.71. The zero-order chi connectivity index (χ0) is 11.0. The predicted molar refractivity (Wildman–Crippen MR) is 61.6 cm³/mol. The molecule has 0 saturated carbocycles. The molecule has 1 aromatic carbocycles. The Morgan fingerprint density at radius 3 is 3.12 bits per heavy atom. The van der Waals surface area contributed by atoms with Crippen LogP contribution < -0.4 is 10.1 Å². The van der Waals surface area contributed by atoms with Crippen molar-refractivity contribution in [1.82, 2.24) is 5.32 Å². The van der Waals surface area contributed by atoms with E-state index in [0.717, 1.165) is 18.9 Å².